The number of nitrogens with zero attached hydrogens (tertiary/aromatic N) is 2. The molecular formula is C18H15ClN2O3. The van der Waals surface area contributed by atoms with E-state index in [1.54, 1.807) is 18.2 Å². The lowest BCUT2D eigenvalue weighted by atomic mass is 10.1. The van der Waals surface area contributed by atoms with Crippen LogP contribution in [0.15, 0.2) is 65.4 Å². The fraction of sp³-hybridized carbons (Fsp3) is 0.111. The number of amides is 1. The van der Waals surface area contributed by atoms with Crippen LogP contribution in [-0.2, 0) is 11.4 Å². The molecule has 0 aliphatic carbocycles. The molecule has 3 aromatic rings. The minimum atomic E-state index is -0.408. The van der Waals surface area contributed by atoms with Gasteiger partial charge < -0.3 is 4.42 Å². The van der Waals surface area contributed by atoms with E-state index >= 15 is 0 Å². The van der Waals surface area contributed by atoms with Gasteiger partial charge in [-0.25, -0.2) is 10.0 Å². The third-order valence-corrected chi connectivity index (χ3v) is 3.77. The van der Waals surface area contributed by atoms with Crippen LogP contribution in [0.5, 0.6) is 0 Å². The second kappa shape index (κ2) is 7.29. The highest BCUT2D eigenvalue weighted by atomic mass is 35.5. The van der Waals surface area contributed by atoms with E-state index in [1.165, 1.54) is 13.4 Å². The number of oxazole rings is 1. The van der Waals surface area contributed by atoms with Gasteiger partial charge in [0.2, 0.25) is 0 Å². The quantitative estimate of drug-likeness (QED) is 0.652. The predicted molar refractivity (Wildman–Crippen MR) is 90.3 cm³/mol. The number of hydrogen-bond acceptors (Lipinski definition) is 4. The van der Waals surface area contributed by atoms with Crippen LogP contribution in [0.1, 0.15) is 16.1 Å². The van der Waals surface area contributed by atoms with Gasteiger partial charge in [-0.2, -0.15) is 0 Å². The second-order valence-corrected chi connectivity index (χ2v) is 5.48. The Morgan fingerprint density at radius 2 is 1.88 bits per heavy atom. The summed E-state index contributed by atoms with van der Waals surface area (Å²) in [5.41, 5.74) is 1.72. The zero-order valence-corrected chi connectivity index (χ0v) is 13.7. The molecule has 0 bridgehead atoms. The van der Waals surface area contributed by atoms with Crippen molar-refractivity contribution in [2.24, 2.45) is 0 Å². The maximum Gasteiger partial charge on any atom is 0.299 e. The van der Waals surface area contributed by atoms with E-state index in [4.69, 9.17) is 20.9 Å². The van der Waals surface area contributed by atoms with Gasteiger partial charge in [-0.3, -0.25) is 9.63 Å². The molecule has 122 valence electrons. The standard InChI is InChI=1S/C18H15ClN2O3/c1-21(24-11-13-7-3-2-4-8-13)18(22)16-17(23-12-20-16)14-9-5-6-10-15(14)19/h2-10,12H,11H2,1H3. The van der Waals surface area contributed by atoms with E-state index in [9.17, 15) is 4.79 Å². The third-order valence-electron chi connectivity index (χ3n) is 3.44. The first-order chi connectivity index (χ1) is 11.7. The molecule has 1 aromatic heterocycles. The number of hydroxylamine groups is 2. The van der Waals surface area contributed by atoms with E-state index in [2.05, 4.69) is 4.98 Å². The van der Waals surface area contributed by atoms with Crippen LogP contribution < -0.4 is 0 Å². The first kappa shape index (κ1) is 16.2. The van der Waals surface area contributed by atoms with Gasteiger partial charge in [0.1, 0.15) is 6.61 Å². The summed E-state index contributed by atoms with van der Waals surface area (Å²) >= 11 is 6.17. The Morgan fingerprint density at radius 3 is 2.62 bits per heavy atom. The number of aromatic nitrogens is 1. The van der Waals surface area contributed by atoms with E-state index in [1.807, 2.05) is 36.4 Å². The van der Waals surface area contributed by atoms with Gasteiger partial charge in [0.05, 0.1) is 5.02 Å². The molecule has 0 aliphatic heterocycles. The molecule has 3 rings (SSSR count). The molecule has 1 heterocycles. The maximum absolute atomic E-state index is 12.6. The lowest BCUT2D eigenvalue weighted by molar-refractivity contribution is -0.116. The largest absolute Gasteiger partial charge is 0.443 e. The molecule has 0 fully saturated rings. The van der Waals surface area contributed by atoms with Crippen molar-refractivity contribution < 1.29 is 14.0 Å². The molecule has 0 N–H and O–H groups in total. The number of rotatable bonds is 5. The molecule has 24 heavy (non-hydrogen) atoms. The number of halogens is 1. The van der Waals surface area contributed by atoms with E-state index < -0.39 is 5.91 Å². The van der Waals surface area contributed by atoms with Crippen molar-refractivity contribution in [2.75, 3.05) is 7.05 Å². The first-order valence-corrected chi connectivity index (χ1v) is 7.68. The third kappa shape index (κ3) is 3.48. The van der Waals surface area contributed by atoms with Gasteiger partial charge in [-0.1, -0.05) is 54.1 Å². The van der Waals surface area contributed by atoms with Crippen LogP contribution in [0.4, 0.5) is 0 Å². The van der Waals surface area contributed by atoms with Crippen molar-refractivity contribution in [3.63, 3.8) is 0 Å². The molecule has 0 spiro atoms. The van der Waals surface area contributed by atoms with E-state index in [-0.39, 0.29) is 12.3 Å². The van der Waals surface area contributed by atoms with Crippen molar-refractivity contribution in [3.05, 3.63) is 77.3 Å². The SMILES string of the molecule is CN(OCc1ccccc1)C(=O)c1ncoc1-c1ccccc1Cl. The molecule has 0 atom stereocenters. The van der Waals surface area contributed by atoms with Crippen LogP contribution in [0.3, 0.4) is 0 Å². The van der Waals surface area contributed by atoms with E-state index in [0.717, 1.165) is 10.6 Å². The van der Waals surface area contributed by atoms with Crippen molar-refractivity contribution in [3.8, 4) is 11.3 Å². The average Bonchev–Trinajstić information content (AvgIpc) is 3.09. The zero-order valence-electron chi connectivity index (χ0n) is 13.0. The van der Waals surface area contributed by atoms with Crippen LogP contribution in [0.25, 0.3) is 11.3 Å². The predicted octanol–water partition coefficient (Wildman–Crippen LogP) is 4.20. The maximum atomic E-state index is 12.6. The van der Waals surface area contributed by atoms with Gasteiger partial charge in [0.15, 0.2) is 17.8 Å². The van der Waals surface area contributed by atoms with Crippen molar-refractivity contribution in [1.29, 1.82) is 0 Å². The molecular weight excluding hydrogens is 328 g/mol. The lowest BCUT2D eigenvalue weighted by Crippen LogP contribution is -2.27. The van der Waals surface area contributed by atoms with Crippen molar-refractivity contribution in [1.82, 2.24) is 10.0 Å². The summed E-state index contributed by atoms with van der Waals surface area (Å²) < 4.78 is 5.37. The number of benzene rings is 2. The van der Waals surface area contributed by atoms with Gasteiger partial charge in [-0.15, -0.1) is 0 Å². The van der Waals surface area contributed by atoms with Gasteiger partial charge in [0.25, 0.3) is 5.91 Å². The van der Waals surface area contributed by atoms with Crippen LogP contribution in [0.2, 0.25) is 5.02 Å². The molecule has 0 saturated carbocycles. The summed E-state index contributed by atoms with van der Waals surface area (Å²) in [6.45, 7) is 0.280. The summed E-state index contributed by atoms with van der Waals surface area (Å²) in [6, 6.07) is 16.7. The Morgan fingerprint density at radius 1 is 1.17 bits per heavy atom. The van der Waals surface area contributed by atoms with Gasteiger partial charge >= 0.3 is 0 Å². The van der Waals surface area contributed by atoms with Crippen LogP contribution >= 0.6 is 11.6 Å². The topological polar surface area (TPSA) is 55.6 Å². The second-order valence-electron chi connectivity index (χ2n) is 5.07. The van der Waals surface area contributed by atoms with Gasteiger partial charge in [-0.05, 0) is 17.7 Å². The van der Waals surface area contributed by atoms with Gasteiger partial charge in [0, 0.05) is 12.6 Å². The minimum absolute atomic E-state index is 0.152. The molecule has 0 radical (unpaired) electrons. The summed E-state index contributed by atoms with van der Waals surface area (Å²) in [6.07, 6.45) is 1.22. The summed E-state index contributed by atoms with van der Waals surface area (Å²) in [5, 5.41) is 1.63. The Labute approximate surface area is 144 Å². The summed E-state index contributed by atoms with van der Waals surface area (Å²) in [7, 11) is 1.54. The molecule has 2 aromatic carbocycles. The number of hydrogen-bond donors (Lipinski definition) is 0. The summed E-state index contributed by atoms with van der Waals surface area (Å²) in [5.74, 6) is -0.0876. The average molecular weight is 343 g/mol. The molecule has 1 amide bonds. The molecule has 5 nitrogen and oxygen atoms in total. The smallest absolute Gasteiger partial charge is 0.299 e. The fourth-order valence-corrected chi connectivity index (χ4v) is 2.41. The highest BCUT2D eigenvalue weighted by Gasteiger charge is 2.23. The van der Waals surface area contributed by atoms with Crippen LogP contribution in [0, 0.1) is 0 Å². The summed E-state index contributed by atoms with van der Waals surface area (Å²) in [4.78, 5) is 22.1. The van der Waals surface area contributed by atoms with Crippen LogP contribution in [-0.4, -0.2) is 23.0 Å². The Kier molecular flexibility index (Phi) is 4.93. The monoisotopic (exact) mass is 342 g/mol. The molecule has 6 heteroatoms. The zero-order chi connectivity index (χ0) is 16.9. The Bertz CT molecular complexity index is 833. The van der Waals surface area contributed by atoms with Crippen molar-refractivity contribution in [2.45, 2.75) is 6.61 Å². The highest BCUT2D eigenvalue weighted by molar-refractivity contribution is 6.33. The molecule has 0 aliphatic rings. The molecule has 0 saturated heterocycles. The number of carbonyl (C=O) groups is 1. The highest BCUT2D eigenvalue weighted by Crippen LogP contribution is 2.30. The first-order valence-electron chi connectivity index (χ1n) is 7.30. The van der Waals surface area contributed by atoms with E-state index in [0.29, 0.717) is 16.3 Å². The van der Waals surface area contributed by atoms with Crippen molar-refractivity contribution >= 4 is 17.5 Å². The Balaban J connectivity index is 1.76. The normalized spacial score (nSPS) is 10.6. The number of carbonyl (C=O) groups excluding carboxylic acids is 1. The fourth-order valence-electron chi connectivity index (χ4n) is 2.19. The Hall–Kier alpha value is -2.63. The molecule has 0 unspecified atom stereocenters. The minimum Gasteiger partial charge on any atom is -0.443 e. The lowest BCUT2D eigenvalue weighted by Gasteiger charge is -2.16.